The Morgan fingerprint density at radius 1 is 1.15 bits per heavy atom. The van der Waals surface area contributed by atoms with Crippen LogP contribution in [0, 0.1) is 0 Å². The summed E-state index contributed by atoms with van der Waals surface area (Å²) in [5.41, 5.74) is 3.37. The third-order valence-electron chi connectivity index (χ3n) is 3.03. The van der Waals surface area contributed by atoms with Crippen molar-refractivity contribution in [3.8, 4) is 0 Å². The first kappa shape index (κ1) is 13.3. The minimum absolute atomic E-state index is 0.110. The van der Waals surface area contributed by atoms with Gasteiger partial charge < -0.3 is 5.32 Å². The molecule has 0 aliphatic carbocycles. The fraction of sp³-hybridized carbons (Fsp3) is 0.0667. The van der Waals surface area contributed by atoms with Crippen molar-refractivity contribution in [3.63, 3.8) is 0 Å². The number of benzene rings is 2. The summed E-state index contributed by atoms with van der Waals surface area (Å²) in [6.07, 6.45) is 0. The van der Waals surface area contributed by atoms with Crippen LogP contribution in [0.5, 0.6) is 0 Å². The second-order valence-corrected chi connectivity index (χ2v) is 5.67. The average Bonchev–Trinajstić information content (AvgIpc) is 2.60. The molecule has 0 atom stereocenters. The second kappa shape index (κ2) is 5.38. The van der Waals surface area contributed by atoms with E-state index >= 15 is 0 Å². The molecule has 0 saturated carbocycles. The summed E-state index contributed by atoms with van der Waals surface area (Å²) >= 11 is 9.38. The first-order chi connectivity index (χ1) is 9.65. The molecular formula is C15H10BrClN2O. The van der Waals surface area contributed by atoms with Gasteiger partial charge in [-0.05, 0) is 34.1 Å². The van der Waals surface area contributed by atoms with E-state index in [-0.39, 0.29) is 12.5 Å². The van der Waals surface area contributed by atoms with Crippen LogP contribution in [0.2, 0.25) is 5.02 Å². The molecule has 20 heavy (non-hydrogen) atoms. The number of rotatable bonds is 1. The first-order valence-electron chi connectivity index (χ1n) is 6.04. The monoisotopic (exact) mass is 348 g/mol. The molecule has 1 aliphatic heterocycles. The quantitative estimate of drug-likeness (QED) is 0.834. The summed E-state index contributed by atoms with van der Waals surface area (Å²) in [5, 5.41) is 3.55. The summed E-state index contributed by atoms with van der Waals surface area (Å²) in [6.45, 7) is 0.110. The van der Waals surface area contributed by atoms with Gasteiger partial charge in [0.25, 0.3) is 0 Å². The Balaban J connectivity index is 2.18. The highest BCUT2D eigenvalue weighted by atomic mass is 79.9. The van der Waals surface area contributed by atoms with Crippen molar-refractivity contribution < 1.29 is 4.79 Å². The standard InChI is InChI=1S/C15H10BrClN2O/c16-12-3-1-2-11-14(9-4-6-10(17)7-5-9)18-8-13(20)19-15(11)12/h1-7H,8H2,(H,19,20). The van der Waals surface area contributed by atoms with E-state index in [0.717, 1.165) is 27.0 Å². The molecule has 1 N–H and O–H groups in total. The Morgan fingerprint density at radius 3 is 2.65 bits per heavy atom. The molecule has 0 aromatic heterocycles. The lowest BCUT2D eigenvalue weighted by atomic mass is 10.0. The molecule has 2 aromatic carbocycles. The number of amides is 1. The number of hydrogen-bond acceptors (Lipinski definition) is 2. The average molecular weight is 350 g/mol. The third kappa shape index (κ3) is 2.49. The molecular weight excluding hydrogens is 340 g/mol. The lowest BCUT2D eigenvalue weighted by Crippen LogP contribution is -2.13. The van der Waals surface area contributed by atoms with Crippen molar-refractivity contribution in [1.82, 2.24) is 0 Å². The number of nitrogens with zero attached hydrogens (tertiary/aromatic N) is 1. The predicted molar refractivity (Wildman–Crippen MR) is 84.7 cm³/mol. The van der Waals surface area contributed by atoms with Gasteiger partial charge in [0.15, 0.2) is 0 Å². The maximum atomic E-state index is 11.8. The van der Waals surface area contributed by atoms with Gasteiger partial charge in [0.05, 0.1) is 11.4 Å². The normalized spacial score (nSPS) is 14.1. The van der Waals surface area contributed by atoms with Crippen molar-refractivity contribution in [2.75, 3.05) is 11.9 Å². The van der Waals surface area contributed by atoms with E-state index in [0.29, 0.717) is 5.02 Å². The Kier molecular flexibility index (Phi) is 3.59. The Labute approximate surface area is 129 Å². The second-order valence-electron chi connectivity index (χ2n) is 4.38. The zero-order valence-electron chi connectivity index (χ0n) is 10.4. The van der Waals surface area contributed by atoms with Crippen molar-refractivity contribution in [3.05, 3.63) is 63.1 Å². The van der Waals surface area contributed by atoms with E-state index in [2.05, 4.69) is 26.2 Å². The van der Waals surface area contributed by atoms with Crippen molar-refractivity contribution in [1.29, 1.82) is 0 Å². The number of aliphatic imine (C=N–C) groups is 1. The predicted octanol–water partition coefficient (Wildman–Crippen LogP) is 3.89. The maximum Gasteiger partial charge on any atom is 0.246 e. The molecule has 0 saturated heterocycles. The fourth-order valence-electron chi connectivity index (χ4n) is 2.12. The minimum atomic E-state index is -0.123. The maximum absolute atomic E-state index is 11.8. The molecule has 0 unspecified atom stereocenters. The van der Waals surface area contributed by atoms with Gasteiger partial charge in [-0.2, -0.15) is 0 Å². The molecule has 0 radical (unpaired) electrons. The smallest absolute Gasteiger partial charge is 0.246 e. The van der Waals surface area contributed by atoms with Gasteiger partial charge in [0, 0.05) is 20.6 Å². The third-order valence-corrected chi connectivity index (χ3v) is 3.94. The number of carbonyl (C=O) groups excluding carboxylic acids is 1. The Bertz CT molecular complexity index is 710. The number of hydrogen-bond donors (Lipinski definition) is 1. The molecule has 3 rings (SSSR count). The zero-order chi connectivity index (χ0) is 14.1. The van der Waals surface area contributed by atoms with Crippen LogP contribution in [-0.4, -0.2) is 18.2 Å². The van der Waals surface area contributed by atoms with Crippen LogP contribution < -0.4 is 5.32 Å². The van der Waals surface area contributed by atoms with Crippen molar-refractivity contribution in [2.24, 2.45) is 4.99 Å². The van der Waals surface area contributed by atoms with Crippen molar-refractivity contribution >= 4 is 44.8 Å². The van der Waals surface area contributed by atoms with Crippen molar-refractivity contribution in [2.45, 2.75) is 0 Å². The van der Waals surface area contributed by atoms with E-state index in [4.69, 9.17) is 11.6 Å². The molecule has 0 spiro atoms. The number of para-hydroxylation sites is 1. The molecule has 0 fully saturated rings. The number of nitrogens with one attached hydrogen (secondary N) is 1. The highest BCUT2D eigenvalue weighted by Crippen LogP contribution is 2.30. The summed E-state index contributed by atoms with van der Waals surface area (Å²) < 4.78 is 0.840. The molecule has 2 aromatic rings. The number of benzodiazepines with no additional fused rings is 1. The lowest BCUT2D eigenvalue weighted by Gasteiger charge is -2.11. The van der Waals surface area contributed by atoms with E-state index in [1.54, 1.807) is 0 Å². The molecule has 1 aliphatic rings. The van der Waals surface area contributed by atoms with Crippen LogP contribution in [0.3, 0.4) is 0 Å². The number of halogens is 2. The molecule has 100 valence electrons. The number of carbonyl (C=O) groups is 1. The summed E-state index contributed by atoms with van der Waals surface area (Å²) in [6, 6.07) is 13.2. The summed E-state index contributed by atoms with van der Waals surface area (Å²) in [4.78, 5) is 16.2. The van der Waals surface area contributed by atoms with Gasteiger partial charge in [0.2, 0.25) is 5.91 Å². The summed E-state index contributed by atoms with van der Waals surface area (Å²) in [7, 11) is 0. The zero-order valence-corrected chi connectivity index (χ0v) is 12.7. The van der Waals surface area contributed by atoms with Crippen LogP contribution in [0.25, 0.3) is 0 Å². The van der Waals surface area contributed by atoms with Crippen LogP contribution in [-0.2, 0) is 4.79 Å². The van der Waals surface area contributed by atoms with Gasteiger partial charge in [-0.25, -0.2) is 0 Å². The van der Waals surface area contributed by atoms with E-state index in [1.807, 2.05) is 42.5 Å². The molecule has 0 bridgehead atoms. The Morgan fingerprint density at radius 2 is 1.90 bits per heavy atom. The SMILES string of the molecule is O=C1CN=C(c2ccc(Cl)cc2)c2cccc(Br)c2N1. The topological polar surface area (TPSA) is 41.5 Å². The molecule has 3 nitrogen and oxygen atoms in total. The lowest BCUT2D eigenvalue weighted by molar-refractivity contribution is -0.114. The fourth-order valence-corrected chi connectivity index (χ4v) is 2.71. The minimum Gasteiger partial charge on any atom is -0.323 e. The van der Waals surface area contributed by atoms with Crippen LogP contribution >= 0.6 is 27.5 Å². The highest BCUT2D eigenvalue weighted by Gasteiger charge is 2.19. The highest BCUT2D eigenvalue weighted by molar-refractivity contribution is 9.10. The van der Waals surface area contributed by atoms with Gasteiger partial charge in [-0.3, -0.25) is 9.79 Å². The van der Waals surface area contributed by atoms with E-state index < -0.39 is 0 Å². The van der Waals surface area contributed by atoms with Gasteiger partial charge in [-0.1, -0.05) is 35.9 Å². The number of anilines is 1. The van der Waals surface area contributed by atoms with Crippen LogP contribution in [0.4, 0.5) is 5.69 Å². The summed E-state index contributed by atoms with van der Waals surface area (Å²) in [5.74, 6) is -0.123. The van der Waals surface area contributed by atoms with Crippen LogP contribution in [0.15, 0.2) is 51.9 Å². The number of fused-ring (bicyclic) bond motifs is 1. The van der Waals surface area contributed by atoms with Crippen LogP contribution in [0.1, 0.15) is 11.1 Å². The van der Waals surface area contributed by atoms with E-state index in [1.165, 1.54) is 0 Å². The Hall–Kier alpha value is -1.65. The molecule has 1 amide bonds. The first-order valence-corrected chi connectivity index (χ1v) is 7.21. The molecule has 5 heteroatoms. The van der Waals surface area contributed by atoms with E-state index in [9.17, 15) is 4.79 Å². The van der Waals surface area contributed by atoms with Gasteiger partial charge in [-0.15, -0.1) is 0 Å². The van der Waals surface area contributed by atoms with Gasteiger partial charge in [0.1, 0.15) is 6.54 Å². The molecule has 1 heterocycles. The van der Waals surface area contributed by atoms with Gasteiger partial charge >= 0.3 is 0 Å². The largest absolute Gasteiger partial charge is 0.323 e.